The number of benzene rings is 3. The summed E-state index contributed by atoms with van der Waals surface area (Å²) in [4.78, 5) is 11.9. The fourth-order valence-electron chi connectivity index (χ4n) is 2.57. The molecule has 3 rings (SSSR count). The number of anilines is 2. The number of rotatable bonds is 7. The molecule has 0 aliphatic rings. The monoisotopic (exact) mass is 380 g/mol. The summed E-state index contributed by atoms with van der Waals surface area (Å²) in [5, 5.41) is 6.91. The van der Waals surface area contributed by atoms with Crippen LogP contribution in [0.3, 0.4) is 0 Å². The maximum absolute atomic E-state index is 11.9. The average molecular weight is 381 g/mol. The van der Waals surface area contributed by atoms with Gasteiger partial charge in [-0.25, -0.2) is 0 Å². The fourth-order valence-corrected chi connectivity index (χ4v) is 2.74. The number of carbonyl (C=O) groups is 1. The van der Waals surface area contributed by atoms with Gasteiger partial charge in [-0.3, -0.25) is 4.79 Å². The summed E-state index contributed by atoms with van der Waals surface area (Å²) < 4.78 is 5.54. The maximum atomic E-state index is 11.9. The Morgan fingerprint density at radius 1 is 0.963 bits per heavy atom. The molecule has 5 heteroatoms. The fraction of sp³-hybridized carbons (Fsp3) is 0.136. The second-order valence-electron chi connectivity index (χ2n) is 6.11. The van der Waals surface area contributed by atoms with E-state index in [0.717, 1.165) is 27.5 Å². The van der Waals surface area contributed by atoms with Gasteiger partial charge in [0.2, 0.25) is 0 Å². The molecule has 0 aliphatic carbocycles. The van der Waals surface area contributed by atoms with Crippen LogP contribution in [0.15, 0.2) is 72.8 Å². The highest BCUT2D eigenvalue weighted by Gasteiger charge is 2.05. The van der Waals surface area contributed by atoms with E-state index in [1.165, 1.54) is 0 Å². The van der Waals surface area contributed by atoms with Gasteiger partial charge in [0.05, 0.1) is 0 Å². The molecule has 4 nitrogen and oxygen atoms in total. The largest absolute Gasteiger partial charge is 0.484 e. The van der Waals surface area contributed by atoms with E-state index >= 15 is 0 Å². The summed E-state index contributed by atoms with van der Waals surface area (Å²) in [5.41, 5.74) is 3.91. The molecule has 1 amide bonds. The summed E-state index contributed by atoms with van der Waals surface area (Å²) >= 11 is 6.14. The van der Waals surface area contributed by atoms with E-state index in [2.05, 4.69) is 10.6 Å². The average Bonchev–Trinajstić information content (AvgIpc) is 2.69. The normalized spacial score (nSPS) is 10.3. The number of ether oxygens (including phenoxy) is 1. The number of amides is 1. The molecule has 27 heavy (non-hydrogen) atoms. The van der Waals surface area contributed by atoms with E-state index in [9.17, 15) is 4.79 Å². The maximum Gasteiger partial charge on any atom is 0.262 e. The van der Waals surface area contributed by atoms with Crippen LogP contribution in [0.5, 0.6) is 5.75 Å². The van der Waals surface area contributed by atoms with Crippen LogP contribution in [0.4, 0.5) is 11.4 Å². The van der Waals surface area contributed by atoms with Crippen LogP contribution < -0.4 is 15.4 Å². The lowest BCUT2D eigenvalue weighted by Crippen LogP contribution is -2.20. The molecule has 3 aromatic rings. The Labute approximate surface area is 164 Å². The van der Waals surface area contributed by atoms with Gasteiger partial charge in [-0.2, -0.15) is 0 Å². The quantitative estimate of drug-likeness (QED) is 0.586. The van der Waals surface area contributed by atoms with Gasteiger partial charge in [-0.15, -0.1) is 0 Å². The summed E-state index contributed by atoms with van der Waals surface area (Å²) in [5.74, 6) is 0.462. The first-order valence-corrected chi connectivity index (χ1v) is 9.05. The molecular weight excluding hydrogens is 360 g/mol. The Morgan fingerprint density at radius 3 is 2.44 bits per heavy atom. The zero-order valence-electron chi connectivity index (χ0n) is 15.0. The van der Waals surface area contributed by atoms with Crippen molar-refractivity contribution in [2.75, 3.05) is 17.2 Å². The number of carbonyl (C=O) groups excluding carboxylic acids is 1. The first-order valence-electron chi connectivity index (χ1n) is 8.67. The lowest BCUT2D eigenvalue weighted by atomic mass is 10.1. The Balaban J connectivity index is 1.48. The van der Waals surface area contributed by atoms with Crippen molar-refractivity contribution in [3.05, 3.63) is 88.9 Å². The smallest absolute Gasteiger partial charge is 0.262 e. The zero-order chi connectivity index (χ0) is 19.1. The number of nitrogens with one attached hydrogen (secondary N) is 2. The molecular formula is C22H21ClN2O2. The van der Waals surface area contributed by atoms with Crippen molar-refractivity contribution in [1.82, 2.24) is 0 Å². The highest BCUT2D eigenvalue weighted by molar-refractivity contribution is 6.31. The number of hydrogen-bond donors (Lipinski definition) is 2. The van der Waals surface area contributed by atoms with Crippen molar-refractivity contribution in [3.8, 4) is 5.75 Å². The number of halogens is 1. The van der Waals surface area contributed by atoms with Gasteiger partial charge in [0, 0.05) is 22.9 Å². The SMILES string of the molecule is Cc1c(Cl)cccc1NCc1ccc(OCC(=O)Nc2ccccc2)cc1. The molecule has 0 atom stereocenters. The molecule has 0 spiro atoms. The van der Waals surface area contributed by atoms with Gasteiger partial charge in [0.15, 0.2) is 6.61 Å². The van der Waals surface area contributed by atoms with Gasteiger partial charge in [-0.1, -0.05) is 48.0 Å². The van der Waals surface area contributed by atoms with Crippen LogP contribution in [0.2, 0.25) is 5.02 Å². The van der Waals surface area contributed by atoms with Crippen molar-refractivity contribution in [2.24, 2.45) is 0 Å². The van der Waals surface area contributed by atoms with E-state index in [4.69, 9.17) is 16.3 Å². The van der Waals surface area contributed by atoms with E-state index in [-0.39, 0.29) is 12.5 Å². The van der Waals surface area contributed by atoms with Gasteiger partial charge in [-0.05, 0) is 54.4 Å². The molecule has 0 heterocycles. The predicted octanol–water partition coefficient (Wildman–Crippen LogP) is 5.28. The highest BCUT2D eigenvalue weighted by Crippen LogP contribution is 2.23. The molecule has 0 fully saturated rings. The van der Waals surface area contributed by atoms with Gasteiger partial charge >= 0.3 is 0 Å². The second-order valence-corrected chi connectivity index (χ2v) is 6.52. The van der Waals surface area contributed by atoms with Crippen LogP contribution in [0.1, 0.15) is 11.1 Å². The Hall–Kier alpha value is -2.98. The summed E-state index contributed by atoms with van der Waals surface area (Å²) in [6, 6.07) is 22.8. The van der Waals surface area contributed by atoms with Gasteiger partial charge in [0.25, 0.3) is 5.91 Å². The molecule has 2 N–H and O–H groups in total. The molecule has 3 aromatic carbocycles. The van der Waals surface area contributed by atoms with E-state index in [1.807, 2.05) is 79.7 Å². The molecule has 138 valence electrons. The van der Waals surface area contributed by atoms with Crippen molar-refractivity contribution in [2.45, 2.75) is 13.5 Å². The summed E-state index contributed by atoms with van der Waals surface area (Å²) in [6.45, 7) is 2.63. The van der Waals surface area contributed by atoms with E-state index in [0.29, 0.717) is 12.3 Å². The minimum absolute atomic E-state index is 0.0335. The topological polar surface area (TPSA) is 50.4 Å². The van der Waals surface area contributed by atoms with Crippen LogP contribution >= 0.6 is 11.6 Å². The van der Waals surface area contributed by atoms with Crippen LogP contribution in [0, 0.1) is 6.92 Å². The first kappa shape index (κ1) is 18.8. The standard InChI is InChI=1S/C22H21ClN2O2/c1-16-20(23)8-5-9-21(16)24-14-17-10-12-19(13-11-17)27-15-22(26)25-18-6-3-2-4-7-18/h2-13,24H,14-15H2,1H3,(H,25,26). The number of hydrogen-bond acceptors (Lipinski definition) is 3. The van der Waals surface area contributed by atoms with Crippen molar-refractivity contribution in [1.29, 1.82) is 0 Å². The van der Waals surface area contributed by atoms with Gasteiger partial charge in [0.1, 0.15) is 5.75 Å². The summed E-state index contributed by atoms with van der Waals surface area (Å²) in [7, 11) is 0. The third kappa shape index (κ3) is 5.50. The van der Waals surface area contributed by atoms with Crippen molar-refractivity contribution in [3.63, 3.8) is 0 Å². The molecule has 0 aromatic heterocycles. The van der Waals surface area contributed by atoms with E-state index in [1.54, 1.807) is 0 Å². The number of para-hydroxylation sites is 1. The Bertz CT molecular complexity index is 896. The molecule has 0 radical (unpaired) electrons. The lowest BCUT2D eigenvalue weighted by Gasteiger charge is -2.11. The van der Waals surface area contributed by atoms with Crippen LogP contribution in [0.25, 0.3) is 0 Å². The second kappa shape index (κ2) is 9.10. The van der Waals surface area contributed by atoms with Crippen molar-refractivity contribution >= 4 is 28.9 Å². The molecule has 0 unspecified atom stereocenters. The highest BCUT2D eigenvalue weighted by atomic mass is 35.5. The molecule has 0 bridgehead atoms. The minimum Gasteiger partial charge on any atom is -0.484 e. The molecule has 0 saturated carbocycles. The lowest BCUT2D eigenvalue weighted by molar-refractivity contribution is -0.118. The minimum atomic E-state index is -0.191. The molecule has 0 saturated heterocycles. The third-order valence-electron chi connectivity index (χ3n) is 4.10. The first-order chi connectivity index (χ1) is 13.1. The van der Waals surface area contributed by atoms with Gasteiger partial charge < -0.3 is 15.4 Å². The van der Waals surface area contributed by atoms with Crippen LogP contribution in [-0.2, 0) is 11.3 Å². The Morgan fingerprint density at radius 2 is 1.70 bits per heavy atom. The van der Waals surface area contributed by atoms with Crippen LogP contribution in [-0.4, -0.2) is 12.5 Å². The Kier molecular flexibility index (Phi) is 6.34. The third-order valence-corrected chi connectivity index (χ3v) is 4.51. The van der Waals surface area contributed by atoms with E-state index < -0.39 is 0 Å². The van der Waals surface area contributed by atoms with Crippen molar-refractivity contribution < 1.29 is 9.53 Å². The zero-order valence-corrected chi connectivity index (χ0v) is 15.8. The summed E-state index contributed by atoms with van der Waals surface area (Å²) in [6.07, 6.45) is 0. The molecule has 0 aliphatic heterocycles. The predicted molar refractivity (Wildman–Crippen MR) is 111 cm³/mol.